The fourth-order valence-electron chi connectivity index (χ4n) is 1.95. The van der Waals surface area contributed by atoms with E-state index >= 15 is 0 Å². The summed E-state index contributed by atoms with van der Waals surface area (Å²) in [5.74, 6) is 0.410. The maximum atomic E-state index is 5.88. The summed E-state index contributed by atoms with van der Waals surface area (Å²) in [4.78, 5) is 2.38. The van der Waals surface area contributed by atoms with Crippen molar-refractivity contribution < 1.29 is 4.74 Å². The quantitative estimate of drug-likeness (QED) is 0.746. The standard InChI is InChI=1S/C14H24N2O/c1-3-16(9-10-17-2)12-14(11-15)13-7-5-4-6-8-13/h4-8,14H,3,9-12,15H2,1-2H3. The molecule has 1 atom stereocenters. The van der Waals surface area contributed by atoms with Crippen LogP contribution in [0.3, 0.4) is 0 Å². The van der Waals surface area contributed by atoms with Crippen molar-refractivity contribution in [2.75, 3.05) is 39.9 Å². The van der Waals surface area contributed by atoms with Crippen molar-refractivity contribution in [2.24, 2.45) is 5.73 Å². The number of likely N-dealkylation sites (N-methyl/N-ethyl adjacent to an activating group) is 1. The number of nitrogens with two attached hydrogens (primary N) is 1. The molecule has 17 heavy (non-hydrogen) atoms. The Kier molecular flexibility index (Phi) is 6.86. The predicted molar refractivity (Wildman–Crippen MR) is 72.2 cm³/mol. The van der Waals surface area contributed by atoms with E-state index in [0.29, 0.717) is 12.5 Å². The van der Waals surface area contributed by atoms with Gasteiger partial charge in [-0.3, -0.25) is 0 Å². The van der Waals surface area contributed by atoms with Crippen molar-refractivity contribution in [1.82, 2.24) is 4.90 Å². The van der Waals surface area contributed by atoms with E-state index in [9.17, 15) is 0 Å². The van der Waals surface area contributed by atoms with E-state index in [1.165, 1.54) is 5.56 Å². The maximum Gasteiger partial charge on any atom is 0.0589 e. The van der Waals surface area contributed by atoms with E-state index in [2.05, 4.69) is 36.1 Å². The minimum absolute atomic E-state index is 0.410. The van der Waals surface area contributed by atoms with Crippen LogP contribution < -0.4 is 5.73 Å². The molecule has 2 N–H and O–H groups in total. The van der Waals surface area contributed by atoms with Gasteiger partial charge in [0.2, 0.25) is 0 Å². The lowest BCUT2D eigenvalue weighted by Gasteiger charge is -2.25. The van der Waals surface area contributed by atoms with Crippen molar-refractivity contribution >= 4 is 0 Å². The Labute approximate surface area is 105 Å². The monoisotopic (exact) mass is 236 g/mol. The largest absolute Gasteiger partial charge is 0.383 e. The lowest BCUT2D eigenvalue weighted by atomic mass is 9.99. The van der Waals surface area contributed by atoms with Gasteiger partial charge in [0, 0.05) is 32.7 Å². The highest BCUT2D eigenvalue weighted by atomic mass is 16.5. The van der Waals surface area contributed by atoms with E-state index in [1.807, 2.05) is 6.07 Å². The first kappa shape index (κ1) is 14.2. The molecule has 1 aromatic rings. The molecule has 0 aromatic heterocycles. The van der Waals surface area contributed by atoms with Gasteiger partial charge in [0.1, 0.15) is 0 Å². The van der Waals surface area contributed by atoms with Crippen LogP contribution in [0.1, 0.15) is 18.4 Å². The Hall–Kier alpha value is -0.900. The average Bonchev–Trinajstić information content (AvgIpc) is 2.40. The number of rotatable bonds is 8. The van der Waals surface area contributed by atoms with Gasteiger partial charge in [0.15, 0.2) is 0 Å². The molecule has 0 spiro atoms. The second-order valence-electron chi connectivity index (χ2n) is 4.23. The Bertz CT molecular complexity index is 290. The van der Waals surface area contributed by atoms with Gasteiger partial charge in [0.05, 0.1) is 6.61 Å². The highest BCUT2D eigenvalue weighted by Crippen LogP contribution is 2.15. The van der Waals surface area contributed by atoms with Crippen LogP contribution in [0.4, 0.5) is 0 Å². The van der Waals surface area contributed by atoms with Crippen molar-refractivity contribution in [3.63, 3.8) is 0 Å². The number of nitrogens with zero attached hydrogens (tertiary/aromatic N) is 1. The van der Waals surface area contributed by atoms with Gasteiger partial charge in [0.25, 0.3) is 0 Å². The highest BCUT2D eigenvalue weighted by molar-refractivity contribution is 5.20. The van der Waals surface area contributed by atoms with Gasteiger partial charge in [-0.15, -0.1) is 0 Å². The normalized spacial score (nSPS) is 12.9. The fourth-order valence-corrected chi connectivity index (χ4v) is 1.95. The third kappa shape index (κ3) is 4.86. The molecule has 96 valence electrons. The molecular formula is C14H24N2O. The molecule has 0 aliphatic rings. The van der Waals surface area contributed by atoms with Crippen molar-refractivity contribution in [1.29, 1.82) is 0 Å². The summed E-state index contributed by atoms with van der Waals surface area (Å²) in [6.45, 7) is 6.64. The van der Waals surface area contributed by atoms with Crippen LogP contribution in [-0.4, -0.2) is 44.8 Å². The minimum Gasteiger partial charge on any atom is -0.383 e. The van der Waals surface area contributed by atoms with Crippen LogP contribution in [-0.2, 0) is 4.74 Å². The molecule has 0 aliphatic carbocycles. The van der Waals surface area contributed by atoms with Gasteiger partial charge >= 0.3 is 0 Å². The van der Waals surface area contributed by atoms with Crippen molar-refractivity contribution in [3.8, 4) is 0 Å². The molecule has 3 nitrogen and oxygen atoms in total. The molecule has 0 heterocycles. The van der Waals surface area contributed by atoms with E-state index in [-0.39, 0.29) is 0 Å². The number of methoxy groups -OCH3 is 1. The summed E-state index contributed by atoms with van der Waals surface area (Å²) < 4.78 is 5.12. The Morgan fingerprint density at radius 3 is 2.53 bits per heavy atom. The predicted octanol–water partition coefficient (Wildman–Crippen LogP) is 1.70. The molecule has 1 rings (SSSR count). The van der Waals surface area contributed by atoms with Gasteiger partial charge < -0.3 is 15.4 Å². The van der Waals surface area contributed by atoms with Crippen molar-refractivity contribution in [2.45, 2.75) is 12.8 Å². The smallest absolute Gasteiger partial charge is 0.0589 e. The van der Waals surface area contributed by atoms with Crippen LogP contribution in [0.25, 0.3) is 0 Å². The zero-order valence-corrected chi connectivity index (χ0v) is 10.9. The van der Waals surface area contributed by atoms with Gasteiger partial charge in [-0.25, -0.2) is 0 Å². The Morgan fingerprint density at radius 2 is 2.00 bits per heavy atom. The molecule has 0 aliphatic heterocycles. The third-order valence-corrected chi connectivity index (χ3v) is 3.09. The number of ether oxygens (including phenoxy) is 1. The molecular weight excluding hydrogens is 212 g/mol. The molecule has 0 bridgehead atoms. The second-order valence-corrected chi connectivity index (χ2v) is 4.23. The first-order valence-electron chi connectivity index (χ1n) is 6.28. The van der Waals surface area contributed by atoms with Gasteiger partial charge in [-0.1, -0.05) is 37.3 Å². The number of benzene rings is 1. The van der Waals surface area contributed by atoms with Crippen LogP contribution in [0.5, 0.6) is 0 Å². The van der Waals surface area contributed by atoms with Crippen LogP contribution in [0.2, 0.25) is 0 Å². The van der Waals surface area contributed by atoms with Gasteiger partial charge in [-0.05, 0) is 12.1 Å². The summed E-state index contributed by atoms with van der Waals surface area (Å²) in [6, 6.07) is 10.5. The lowest BCUT2D eigenvalue weighted by molar-refractivity contribution is 0.147. The molecule has 1 aromatic carbocycles. The van der Waals surface area contributed by atoms with E-state index in [4.69, 9.17) is 10.5 Å². The summed E-state index contributed by atoms with van der Waals surface area (Å²) in [5, 5.41) is 0. The van der Waals surface area contributed by atoms with Crippen LogP contribution in [0, 0.1) is 0 Å². The summed E-state index contributed by atoms with van der Waals surface area (Å²) in [6.07, 6.45) is 0. The lowest BCUT2D eigenvalue weighted by Crippen LogP contribution is -2.34. The highest BCUT2D eigenvalue weighted by Gasteiger charge is 2.13. The van der Waals surface area contributed by atoms with E-state index in [0.717, 1.165) is 26.2 Å². The third-order valence-electron chi connectivity index (χ3n) is 3.09. The van der Waals surface area contributed by atoms with Crippen molar-refractivity contribution in [3.05, 3.63) is 35.9 Å². The zero-order valence-electron chi connectivity index (χ0n) is 10.9. The molecule has 0 radical (unpaired) electrons. The molecule has 0 amide bonds. The topological polar surface area (TPSA) is 38.5 Å². The minimum atomic E-state index is 0.410. The SMILES string of the molecule is CCN(CCOC)CC(CN)c1ccccc1. The molecule has 0 saturated carbocycles. The number of hydrogen-bond donors (Lipinski definition) is 1. The van der Waals surface area contributed by atoms with E-state index < -0.39 is 0 Å². The summed E-state index contributed by atoms with van der Waals surface area (Å²) in [7, 11) is 1.74. The fraction of sp³-hybridized carbons (Fsp3) is 0.571. The van der Waals surface area contributed by atoms with E-state index in [1.54, 1.807) is 7.11 Å². The van der Waals surface area contributed by atoms with Crippen LogP contribution in [0.15, 0.2) is 30.3 Å². The molecule has 0 fully saturated rings. The zero-order chi connectivity index (χ0) is 12.5. The Morgan fingerprint density at radius 1 is 1.29 bits per heavy atom. The molecule has 3 heteroatoms. The summed E-state index contributed by atoms with van der Waals surface area (Å²) >= 11 is 0. The Balaban J connectivity index is 2.56. The first-order valence-corrected chi connectivity index (χ1v) is 6.28. The van der Waals surface area contributed by atoms with Crippen LogP contribution >= 0.6 is 0 Å². The maximum absolute atomic E-state index is 5.88. The second kappa shape index (κ2) is 8.23. The summed E-state index contributed by atoms with van der Waals surface area (Å²) in [5.41, 5.74) is 7.20. The number of hydrogen-bond acceptors (Lipinski definition) is 3. The van der Waals surface area contributed by atoms with Gasteiger partial charge in [-0.2, -0.15) is 0 Å². The average molecular weight is 236 g/mol. The first-order chi connectivity index (χ1) is 8.31. The molecule has 1 unspecified atom stereocenters. The molecule has 0 saturated heterocycles.